The average molecular weight is 400 g/mol. The van der Waals surface area contributed by atoms with Gasteiger partial charge in [-0.3, -0.25) is 4.31 Å². The topological polar surface area (TPSA) is 55.8 Å². The van der Waals surface area contributed by atoms with Crippen LogP contribution < -0.4 is 13.8 Å². The van der Waals surface area contributed by atoms with Crippen molar-refractivity contribution in [1.82, 2.24) is 0 Å². The van der Waals surface area contributed by atoms with E-state index < -0.39 is 10.0 Å². The summed E-state index contributed by atoms with van der Waals surface area (Å²) in [4.78, 5) is 0.150. The Kier molecular flexibility index (Phi) is 5.54. The summed E-state index contributed by atoms with van der Waals surface area (Å²) in [5.41, 5.74) is 0.594. The molecular weight excluding hydrogens is 382 g/mol. The minimum atomic E-state index is -3.70. The van der Waals surface area contributed by atoms with Gasteiger partial charge in [0.1, 0.15) is 0 Å². The number of hydrogen-bond acceptors (Lipinski definition) is 4. The Morgan fingerprint density at radius 3 is 2.30 bits per heavy atom. The molecule has 0 saturated heterocycles. The summed E-state index contributed by atoms with van der Waals surface area (Å²) in [7, 11) is -0.723. The van der Waals surface area contributed by atoms with Gasteiger partial charge in [-0.25, -0.2) is 8.42 Å². The Morgan fingerprint density at radius 1 is 1.04 bits per heavy atom. The molecular formula is C16H18BrNO4S. The van der Waals surface area contributed by atoms with Gasteiger partial charge in [0.2, 0.25) is 0 Å². The molecule has 0 heterocycles. The van der Waals surface area contributed by atoms with E-state index in [-0.39, 0.29) is 4.90 Å². The molecule has 0 saturated carbocycles. The molecule has 0 spiro atoms. The van der Waals surface area contributed by atoms with Gasteiger partial charge in [-0.1, -0.05) is 22.0 Å². The van der Waals surface area contributed by atoms with Crippen molar-refractivity contribution in [2.45, 2.75) is 11.8 Å². The number of methoxy groups -OCH3 is 2. The van der Waals surface area contributed by atoms with Crippen molar-refractivity contribution >= 4 is 31.6 Å². The van der Waals surface area contributed by atoms with Gasteiger partial charge in [0, 0.05) is 17.1 Å². The van der Waals surface area contributed by atoms with Crippen LogP contribution in [0, 0.1) is 0 Å². The molecule has 2 rings (SSSR count). The van der Waals surface area contributed by atoms with E-state index in [1.807, 2.05) is 6.07 Å². The maximum absolute atomic E-state index is 13.0. The lowest BCUT2D eigenvalue weighted by molar-refractivity contribution is 0.354. The van der Waals surface area contributed by atoms with Gasteiger partial charge in [0.25, 0.3) is 10.0 Å². The van der Waals surface area contributed by atoms with Crippen molar-refractivity contribution < 1.29 is 17.9 Å². The van der Waals surface area contributed by atoms with Crippen molar-refractivity contribution in [2.75, 3.05) is 25.1 Å². The zero-order valence-electron chi connectivity index (χ0n) is 13.1. The van der Waals surface area contributed by atoms with Crippen molar-refractivity contribution in [3.8, 4) is 11.5 Å². The average Bonchev–Trinajstić information content (AvgIpc) is 2.54. The number of anilines is 1. The van der Waals surface area contributed by atoms with Crippen molar-refractivity contribution in [1.29, 1.82) is 0 Å². The molecule has 23 heavy (non-hydrogen) atoms. The molecule has 0 bridgehead atoms. The molecule has 0 aliphatic carbocycles. The third-order valence-electron chi connectivity index (χ3n) is 3.33. The van der Waals surface area contributed by atoms with Crippen LogP contribution in [-0.2, 0) is 10.0 Å². The minimum absolute atomic E-state index is 0.150. The first-order chi connectivity index (χ1) is 10.9. The van der Waals surface area contributed by atoms with Gasteiger partial charge in [-0.2, -0.15) is 0 Å². The molecule has 0 N–H and O–H groups in total. The molecule has 0 radical (unpaired) electrons. The van der Waals surface area contributed by atoms with Crippen molar-refractivity contribution in [3.05, 3.63) is 46.9 Å². The Bertz CT molecular complexity index is 792. The van der Waals surface area contributed by atoms with E-state index >= 15 is 0 Å². The predicted molar refractivity (Wildman–Crippen MR) is 93.9 cm³/mol. The molecule has 0 aliphatic heterocycles. The lowest BCUT2D eigenvalue weighted by Gasteiger charge is -2.23. The Balaban J connectivity index is 2.51. The smallest absolute Gasteiger partial charge is 0.264 e. The highest BCUT2D eigenvalue weighted by Crippen LogP contribution is 2.32. The molecule has 0 aliphatic rings. The standard InChI is InChI=1S/C16H18BrNO4S/c1-4-18(13-7-5-6-12(17)10-13)23(19,20)14-8-9-15(21-2)16(11-14)22-3/h5-11H,4H2,1-3H3. The molecule has 2 aromatic carbocycles. The van der Waals surface area contributed by atoms with Crippen LogP contribution in [0.5, 0.6) is 11.5 Å². The van der Waals surface area contributed by atoms with E-state index in [1.54, 1.807) is 31.2 Å². The summed E-state index contributed by atoms with van der Waals surface area (Å²) in [6.07, 6.45) is 0. The molecule has 2 aromatic rings. The Morgan fingerprint density at radius 2 is 1.74 bits per heavy atom. The van der Waals surface area contributed by atoms with Gasteiger partial charge in [0.15, 0.2) is 11.5 Å². The van der Waals surface area contributed by atoms with E-state index in [9.17, 15) is 8.42 Å². The van der Waals surface area contributed by atoms with E-state index in [4.69, 9.17) is 9.47 Å². The first-order valence-electron chi connectivity index (χ1n) is 6.94. The van der Waals surface area contributed by atoms with Crippen LogP contribution in [0.15, 0.2) is 51.8 Å². The Hall–Kier alpha value is -1.73. The number of hydrogen-bond donors (Lipinski definition) is 0. The molecule has 0 unspecified atom stereocenters. The van der Waals surface area contributed by atoms with Crippen LogP contribution in [0.2, 0.25) is 0 Å². The lowest BCUT2D eigenvalue weighted by atomic mass is 10.3. The largest absolute Gasteiger partial charge is 0.493 e. The van der Waals surface area contributed by atoms with Gasteiger partial charge in [-0.05, 0) is 37.3 Å². The maximum Gasteiger partial charge on any atom is 0.264 e. The Labute approximate surface area is 145 Å². The van der Waals surface area contributed by atoms with E-state index in [2.05, 4.69) is 15.9 Å². The minimum Gasteiger partial charge on any atom is -0.493 e. The normalized spacial score (nSPS) is 11.1. The second-order valence-electron chi connectivity index (χ2n) is 4.67. The summed E-state index contributed by atoms with van der Waals surface area (Å²) >= 11 is 3.37. The first kappa shape index (κ1) is 17.6. The summed E-state index contributed by atoms with van der Waals surface area (Å²) in [5.74, 6) is 0.857. The quantitative estimate of drug-likeness (QED) is 0.743. The number of sulfonamides is 1. The second-order valence-corrected chi connectivity index (χ2v) is 7.44. The van der Waals surface area contributed by atoms with E-state index in [0.29, 0.717) is 23.7 Å². The van der Waals surface area contributed by atoms with Gasteiger partial charge < -0.3 is 9.47 Å². The highest BCUT2D eigenvalue weighted by atomic mass is 79.9. The first-order valence-corrected chi connectivity index (χ1v) is 9.17. The highest BCUT2D eigenvalue weighted by molar-refractivity contribution is 9.10. The summed E-state index contributed by atoms with van der Waals surface area (Å²) in [6.45, 7) is 2.10. The number of halogens is 1. The molecule has 0 amide bonds. The third-order valence-corrected chi connectivity index (χ3v) is 5.72. The summed E-state index contributed by atoms with van der Waals surface area (Å²) < 4.78 is 38.4. The van der Waals surface area contributed by atoms with Crippen LogP contribution in [0.4, 0.5) is 5.69 Å². The molecule has 5 nitrogen and oxygen atoms in total. The van der Waals surface area contributed by atoms with Crippen molar-refractivity contribution in [3.63, 3.8) is 0 Å². The highest BCUT2D eigenvalue weighted by Gasteiger charge is 2.25. The SMILES string of the molecule is CCN(c1cccc(Br)c1)S(=O)(=O)c1ccc(OC)c(OC)c1. The fourth-order valence-electron chi connectivity index (χ4n) is 2.23. The monoisotopic (exact) mass is 399 g/mol. The maximum atomic E-state index is 13.0. The molecule has 0 fully saturated rings. The van der Waals surface area contributed by atoms with Gasteiger partial charge in [0.05, 0.1) is 24.8 Å². The van der Waals surface area contributed by atoms with Gasteiger partial charge >= 0.3 is 0 Å². The van der Waals surface area contributed by atoms with E-state index in [1.165, 1.54) is 30.7 Å². The zero-order chi connectivity index (χ0) is 17.0. The molecule has 0 aromatic heterocycles. The second kappa shape index (κ2) is 7.23. The fourth-order valence-corrected chi connectivity index (χ4v) is 4.10. The molecule has 124 valence electrons. The zero-order valence-corrected chi connectivity index (χ0v) is 15.5. The van der Waals surface area contributed by atoms with Crippen LogP contribution in [0.25, 0.3) is 0 Å². The van der Waals surface area contributed by atoms with E-state index in [0.717, 1.165) is 4.47 Å². The number of ether oxygens (including phenoxy) is 2. The molecule has 0 atom stereocenters. The molecule has 7 heteroatoms. The summed E-state index contributed by atoms with van der Waals surface area (Å²) in [5, 5.41) is 0. The van der Waals surface area contributed by atoms with Crippen LogP contribution in [0.1, 0.15) is 6.92 Å². The third kappa shape index (κ3) is 3.61. The van der Waals surface area contributed by atoms with Gasteiger partial charge in [-0.15, -0.1) is 0 Å². The number of nitrogens with zero attached hydrogens (tertiary/aromatic N) is 1. The van der Waals surface area contributed by atoms with Crippen molar-refractivity contribution in [2.24, 2.45) is 0 Å². The predicted octanol–water partition coefficient (Wildman–Crippen LogP) is 3.68. The fraction of sp³-hybridized carbons (Fsp3) is 0.250. The van der Waals surface area contributed by atoms with Crippen LogP contribution in [-0.4, -0.2) is 29.2 Å². The summed E-state index contributed by atoms with van der Waals surface area (Å²) in [6, 6.07) is 11.7. The van der Waals surface area contributed by atoms with Crippen LogP contribution >= 0.6 is 15.9 Å². The number of benzene rings is 2. The number of rotatable bonds is 6. The lowest BCUT2D eigenvalue weighted by Crippen LogP contribution is -2.30. The van der Waals surface area contributed by atoms with Crippen LogP contribution in [0.3, 0.4) is 0 Å².